The summed E-state index contributed by atoms with van der Waals surface area (Å²) < 4.78 is 42.2. The summed E-state index contributed by atoms with van der Waals surface area (Å²) in [5, 5.41) is 0. The molecule has 1 fully saturated rings. The van der Waals surface area contributed by atoms with Crippen molar-refractivity contribution < 1.29 is 17.6 Å². The topological polar surface area (TPSA) is 29.3 Å². The van der Waals surface area contributed by atoms with Crippen molar-refractivity contribution in [3.05, 3.63) is 17.8 Å². The molecule has 1 aromatic heterocycles. The van der Waals surface area contributed by atoms with Gasteiger partial charge in [-0.25, -0.2) is 4.98 Å². The number of alkyl halides is 3. The standard InChI is InChI=1S/C19H31F3N2O/c1-2-12-24(13-9-16-6-4-3-5-7-16)14-10-17-15-23-18(25-17)8-11-19(20,21)22/h15-16H,2-14H2,1H3. The van der Waals surface area contributed by atoms with Gasteiger partial charge in [0, 0.05) is 19.4 Å². The van der Waals surface area contributed by atoms with Crippen molar-refractivity contribution in [2.75, 3.05) is 19.6 Å². The fraction of sp³-hybridized carbons (Fsp3) is 0.842. The van der Waals surface area contributed by atoms with E-state index in [1.165, 1.54) is 38.5 Å². The van der Waals surface area contributed by atoms with Crippen LogP contribution in [0.3, 0.4) is 0 Å². The minimum absolute atomic E-state index is 0.177. The predicted molar refractivity (Wildman–Crippen MR) is 92.5 cm³/mol. The largest absolute Gasteiger partial charge is 0.446 e. The van der Waals surface area contributed by atoms with Gasteiger partial charge in [-0.1, -0.05) is 39.0 Å². The third kappa shape index (κ3) is 8.25. The van der Waals surface area contributed by atoms with Crippen molar-refractivity contribution >= 4 is 0 Å². The van der Waals surface area contributed by atoms with Crippen molar-refractivity contribution in [1.82, 2.24) is 9.88 Å². The lowest BCUT2D eigenvalue weighted by Crippen LogP contribution is -2.29. The van der Waals surface area contributed by atoms with Gasteiger partial charge in [-0.2, -0.15) is 13.2 Å². The third-order valence-electron chi connectivity index (χ3n) is 5.02. The Labute approximate surface area is 149 Å². The van der Waals surface area contributed by atoms with Gasteiger partial charge < -0.3 is 9.32 Å². The van der Waals surface area contributed by atoms with Crippen molar-refractivity contribution in [2.45, 2.75) is 77.3 Å². The monoisotopic (exact) mass is 360 g/mol. The van der Waals surface area contributed by atoms with Crippen molar-refractivity contribution in [2.24, 2.45) is 5.92 Å². The zero-order valence-electron chi connectivity index (χ0n) is 15.3. The van der Waals surface area contributed by atoms with Crippen LogP contribution < -0.4 is 0 Å². The lowest BCUT2D eigenvalue weighted by atomic mass is 9.87. The zero-order chi connectivity index (χ0) is 18.1. The number of aromatic nitrogens is 1. The number of nitrogens with zero attached hydrogens (tertiary/aromatic N) is 2. The minimum Gasteiger partial charge on any atom is -0.446 e. The van der Waals surface area contributed by atoms with Gasteiger partial charge in [-0.3, -0.25) is 0 Å². The van der Waals surface area contributed by atoms with Crippen LogP contribution in [0.5, 0.6) is 0 Å². The van der Waals surface area contributed by atoms with Gasteiger partial charge in [0.15, 0.2) is 5.89 Å². The molecule has 144 valence electrons. The molecule has 1 heterocycles. The summed E-state index contributed by atoms with van der Waals surface area (Å²) in [6, 6.07) is 0. The first-order valence-corrected chi connectivity index (χ1v) is 9.69. The van der Waals surface area contributed by atoms with Crippen LogP contribution >= 0.6 is 0 Å². The van der Waals surface area contributed by atoms with Gasteiger partial charge in [0.2, 0.25) is 0 Å². The summed E-state index contributed by atoms with van der Waals surface area (Å²) in [4.78, 5) is 6.43. The van der Waals surface area contributed by atoms with E-state index in [0.29, 0.717) is 12.2 Å². The Hall–Kier alpha value is -1.04. The molecule has 1 aromatic rings. The van der Waals surface area contributed by atoms with E-state index >= 15 is 0 Å². The molecule has 0 aliphatic heterocycles. The highest BCUT2D eigenvalue weighted by Crippen LogP contribution is 2.26. The van der Waals surface area contributed by atoms with E-state index in [9.17, 15) is 13.2 Å². The van der Waals surface area contributed by atoms with Crippen LogP contribution in [0, 0.1) is 5.92 Å². The fourth-order valence-electron chi connectivity index (χ4n) is 3.59. The van der Waals surface area contributed by atoms with Crippen LogP contribution in [0.2, 0.25) is 0 Å². The Kier molecular flexibility index (Phi) is 8.27. The summed E-state index contributed by atoms with van der Waals surface area (Å²) in [5.74, 6) is 1.75. The van der Waals surface area contributed by atoms with Gasteiger partial charge in [-0.15, -0.1) is 0 Å². The molecule has 1 aliphatic rings. The van der Waals surface area contributed by atoms with Crippen molar-refractivity contribution in [3.63, 3.8) is 0 Å². The molecule has 0 unspecified atom stereocenters. The molecule has 0 aromatic carbocycles. The normalized spacial score (nSPS) is 16.7. The van der Waals surface area contributed by atoms with Crippen LogP contribution in [0.15, 0.2) is 10.6 Å². The van der Waals surface area contributed by atoms with E-state index in [1.54, 1.807) is 6.20 Å². The van der Waals surface area contributed by atoms with Crippen molar-refractivity contribution in [3.8, 4) is 0 Å². The van der Waals surface area contributed by atoms with Crippen LogP contribution in [0.1, 0.15) is 69.9 Å². The quantitative estimate of drug-likeness (QED) is 0.560. The fourth-order valence-corrected chi connectivity index (χ4v) is 3.59. The van der Waals surface area contributed by atoms with E-state index in [-0.39, 0.29) is 12.3 Å². The lowest BCUT2D eigenvalue weighted by Gasteiger charge is -2.26. The Balaban J connectivity index is 1.73. The van der Waals surface area contributed by atoms with Crippen LogP contribution in [0.25, 0.3) is 0 Å². The lowest BCUT2D eigenvalue weighted by molar-refractivity contribution is -0.134. The molecule has 1 saturated carbocycles. The first-order chi connectivity index (χ1) is 12.0. The Morgan fingerprint density at radius 2 is 1.88 bits per heavy atom. The molecule has 3 nitrogen and oxygen atoms in total. The molecule has 0 atom stereocenters. The second kappa shape index (κ2) is 10.2. The van der Waals surface area contributed by atoms with Gasteiger partial charge in [0.05, 0.1) is 12.6 Å². The van der Waals surface area contributed by atoms with Crippen molar-refractivity contribution in [1.29, 1.82) is 0 Å². The molecule has 2 rings (SSSR count). The number of hydrogen-bond donors (Lipinski definition) is 0. The van der Waals surface area contributed by atoms with Gasteiger partial charge in [0.1, 0.15) is 5.76 Å². The number of halogens is 3. The smallest absolute Gasteiger partial charge is 0.389 e. The summed E-state index contributed by atoms with van der Waals surface area (Å²) in [5.41, 5.74) is 0. The maximum atomic E-state index is 12.2. The first kappa shape index (κ1) is 20.3. The minimum atomic E-state index is -4.16. The van der Waals surface area contributed by atoms with E-state index < -0.39 is 12.6 Å². The van der Waals surface area contributed by atoms with Crippen LogP contribution in [-0.4, -0.2) is 35.7 Å². The molecule has 0 saturated heterocycles. The summed E-state index contributed by atoms with van der Waals surface area (Å²) >= 11 is 0. The molecular weight excluding hydrogens is 329 g/mol. The highest BCUT2D eigenvalue weighted by molar-refractivity contribution is 4.95. The maximum Gasteiger partial charge on any atom is 0.389 e. The second-order valence-electron chi connectivity index (χ2n) is 7.22. The summed E-state index contributed by atoms with van der Waals surface area (Å²) in [7, 11) is 0. The van der Waals surface area contributed by atoms with E-state index in [1.807, 2.05) is 0 Å². The number of hydrogen-bond acceptors (Lipinski definition) is 3. The van der Waals surface area contributed by atoms with E-state index in [0.717, 1.165) is 32.0 Å². The average Bonchev–Trinajstić information content (AvgIpc) is 3.04. The van der Waals surface area contributed by atoms with Gasteiger partial charge >= 0.3 is 6.18 Å². The Morgan fingerprint density at radius 1 is 1.12 bits per heavy atom. The average molecular weight is 360 g/mol. The molecule has 0 N–H and O–H groups in total. The SMILES string of the molecule is CCCN(CCc1cnc(CCC(F)(F)F)o1)CCC1CCCCC1. The Morgan fingerprint density at radius 3 is 2.56 bits per heavy atom. The predicted octanol–water partition coefficient (Wildman–Crippen LogP) is 5.39. The molecule has 0 spiro atoms. The number of oxazole rings is 1. The molecule has 0 bridgehead atoms. The molecule has 0 amide bonds. The highest BCUT2D eigenvalue weighted by Gasteiger charge is 2.27. The van der Waals surface area contributed by atoms with Crippen LogP contribution in [0.4, 0.5) is 13.2 Å². The third-order valence-corrected chi connectivity index (χ3v) is 5.02. The zero-order valence-corrected chi connectivity index (χ0v) is 15.3. The molecule has 0 radical (unpaired) electrons. The first-order valence-electron chi connectivity index (χ1n) is 9.69. The summed E-state index contributed by atoms with van der Waals surface area (Å²) in [6.45, 7) is 5.22. The molecular formula is C19H31F3N2O. The Bertz CT molecular complexity index is 481. The van der Waals surface area contributed by atoms with E-state index in [2.05, 4.69) is 16.8 Å². The van der Waals surface area contributed by atoms with Gasteiger partial charge in [-0.05, 0) is 31.8 Å². The maximum absolute atomic E-state index is 12.2. The molecule has 25 heavy (non-hydrogen) atoms. The summed E-state index contributed by atoms with van der Waals surface area (Å²) in [6.07, 6.45) is 6.30. The van der Waals surface area contributed by atoms with Crippen LogP contribution in [-0.2, 0) is 12.8 Å². The number of rotatable bonds is 10. The highest BCUT2D eigenvalue weighted by atomic mass is 19.4. The molecule has 6 heteroatoms. The van der Waals surface area contributed by atoms with Gasteiger partial charge in [0.25, 0.3) is 0 Å². The second-order valence-corrected chi connectivity index (χ2v) is 7.22. The molecule has 1 aliphatic carbocycles. The number of aryl methyl sites for hydroxylation is 1. The van der Waals surface area contributed by atoms with E-state index in [4.69, 9.17) is 4.42 Å².